The summed E-state index contributed by atoms with van der Waals surface area (Å²) in [5.74, 6) is 1.59. The summed E-state index contributed by atoms with van der Waals surface area (Å²) in [7, 11) is 3.32. The minimum atomic E-state index is 0.796. The highest BCUT2D eigenvalue weighted by Gasteiger charge is 1.99. The van der Waals surface area contributed by atoms with Crippen LogP contribution in [-0.4, -0.2) is 14.2 Å². The Morgan fingerprint density at radius 3 is 1.55 bits per heavy atom. The van der Waals surface area contributed by atoms with Gasteiger partial charge in [0.15, 0.2) is 0 Å². The van der Waals surface area contributed by atoms with Crippen LogP contribution in [0.3, 0.4) is 0 Å². The molecule has 2 aromatic rings. The zero-order valence-corrected chi connectivity index (χ0v) is 12.4. The summed E-state index contributed by atoms with van der Waals surface area (Å²) in [6.07, 6.45) is 4.17. The summed E-state index contributed by atoms with van der Waals surface area (Å²) in [4.78, 5) is 0. The summed E-state index contributed by atoms with van der Waals surface area (Å²) < 4.78 is 10.5. The van der Waals surface area contributed by atoms with E-state index < -0.39 is 0 Å². The molecule has 0 spiro atoms. The van der Waals surface area contributed by atoms with Crippen LogP contribution in [0.4, 0.5) is 0 Å². The fourth-order valence-electron chi connectivity index (χ4n) is 2.22. The van der Waals surface area contributed by atoms with E-state index in [4.69, 9.17) is 9.47 Å². The van der Waals surface area contributed by atoms with Crippen molar-refractivity contribution in [1.29, 1.82) is 0 Å². The molecule has 0 aromatic heterocycles. The van der Waals surface area contributed by atoms with E-state index in [-0.39, 0.29) is 0 Å². The molecule has 0 unspecified atom stereocenters. The highest BCUT2D eigenvalue weighted by molar-refractivity contribution is 5.71. The molecular weight excluding hydrogens is 248 g/mol. The number of hydrogen-bond acceptors (Lipinski definition) is 2. The van der Waals surface area contributed by atoms with E-state index in [0.29, 0.717) is 0 Å². The lowest BCUT2D eigenvalue weighted by Crippen LogP contribution is -1.88. The van der Waals surface area contributed by atoms with Gasteiger partial charge in [-0.15, -0.1) is 0 Å². The van der Waals surface area contributed by atoms with Gasteiger partial charge in [0, 0.05) is 6.07 Å². The first-order chi connectivity index (χ1) is 9.60. The van der Waals surface area contributed by atoms with Crippen molar-refractivity contribution in [2.75, 3.05) is 14.2 Å². The molecule has 2 heteroatoms. The molecule has 0 amide bonds. The van der Waals surface area contributed by atoms with Crippen LogP contribution >= 0.6 is 0 Å². The van der Waals surface area contributed by atoms with Crippen LogP contribution in [0.1, 0.15) is 22.3 Å². The van der Waals surface area contributed by atoms with Crippen LogP contribution in [0.2, 0.25) is 0 Å². The van der Waals surface area contributed by atoms with Crippen molar-refractivity contribution < 1.29 is 9.47 Å². The van der Waals surface area contributed by atoms with Gasteiger partial charge in [-0.05, 0) is 37.1 Å². The highest BCUT2D eigenvalue weighted by atomic mass is 16.5. The monoisotopic (exact) mass is 268 g/mol. The Bertz CT molecular complexity index is 585. The second kappa shape index (κ2) is 6.29. The summed E-state index contributed by atoms with van der Waals surface area (Å²) in [6.45, 7) is 4.22. The molecule has 0 aliphatic heterocycles. The molecule has 0 atom stereocenters. The molecule has 20 heavy (non-hydrogen) atoms. The molecule has 2 nitrogen and oxygen atoms in total. The van der Waals surface area contributed by atoms with E-state index in [0.717, 1.165) is 17.1 Å². The van der Waals surface area contributed by atoms with Gasteiger partial charge in [0.1, 0.15) is 11.5 Å². The lowest BCUT2D eigenvalue weighted by molar-refractivity contribution is 0.394. The number of methoxy groups -OCH3 is 2. The molecule has 0 saturated heterocycles. The van der Waals surface area contributed by atoms with Gasteiger partial charge < -0.3 is 9.47 Å². The lowest BCUT2D eigenvalue weighted by atomic mass is 10.1. The highest BCUT2D eigenvalue weighted by Crippen LogP contribution is 2.24. The Labute approximate surface area is 120 Å². The van der Waals surface area contributed by atoms with Gasteiger partial charge in [-0.2, -0.15) is 0 Å². The molecule has 0 bridgehead atoms. The normalized spacial score (nSPS) is 10.8. The van der Waals surface area contributed by atoms with E-state index in [1.54, 1.807) is 14.2 Å². The van der Waals surface area contributed by atoms with Crippen LogP contribution in [0.5, 0.6) is 11.5 Å². The van der Waals surface area contributed by atoms with E-state index in [1.807, 2.05) is 18.2 Å². The van der Waals surface area contributed by atoms with Crippen LogP contribution in [0.25, 0.3) is 12.2 Å². The van der Waals surface area contributed by atoms with Crippen LogP contribution in [-0.2, 0) is 0 Å². The first kappa shape index (κ1) is 14.2. The van der Waals surface area contributed by atoms with Crippen molar-refractivity contribution in [3.8, 4) is 11.5 Å². The average Bonchev–Trinajstić information content (AvgIpc) is 2.43. The van der Waals surface area contributed by atoms with Crippen molar-refractivity contribution >= 4 is 12.2 Å². The largest absolute Gasteiger partial charge is 0.497 e. The fourth-order valence-corrected chi connectivity index (χ4v) is 2.22. The summed E-state index contributed by atoms with van der Waals surface area (Å²) >= 11 is 0. The quantitative estimate of drug-likeness (QED) is 0.761. The first-order valence-electron chi connectivity index (χ1n) is 6.60. The Balaban J connectivity index is 2.30. The maximum absolute atomic E-state index is 5.27. The van der Waals surface area contributed by atoms with Gasteiger partial charge in [0.05, 0.1) is 14.2 Å². The topological polar surface area (TPSA) is 18.5 Å². The average molecular weight is 268 g/mol. The molecule has 0 heterocycles. The first-order valence-corrected chi connectivity index (χ1v) is 6.60. The molecule has 0 N–H and O–H groups in total. The Hall–Kier alpha value is -2.22. The predicted molar refractivity (Wildman–Crippen MR) is 84.4 cm³/mol. The van der Waals surface area contributed by atoms with E-state index in [9.17, 15) is 0 Å². The molecule has 0 radical (unpaired) electrons. The Kier molecular flexibility index (Phi) is 4.46. The maximum Gasteiger partial charge on any atom is 0.123 e. The molecule has 104 valence electrons. The van der Waals surface area contributed by atoms with Gasteiger partial charge in [-0.25, -0.2) is 0 Å². The predicted octanol–water partition coefficient (Wildman–Crippen LogP) is 4.49. The zero-order chi connectivity index (χ0) is 14.5. The van der Waals surface area contributed by atoms with E-state index in [1.165, 1.54) is 16.7 Å². The Morgan fingerprint density at radius 1 is 0.650 bits per heavy atom. The van der Waals surface area contributed by atoms with Gasteiger partial charge in [-0.3, -0.25) is 0 Å². The molecule has 0 aliphatic carbocycles. The molecular formula is C18H20O2. The van der Waals surface area contributed by atoms with Gasteiger partial charge in [-0.1, -0.05) is 41.5 Å². The third-order valence-corrected chi connectivity index (χ3v) is 3.09. The van der Waals surface area contributed by atoms with Crippen LogP contribution in [0, 0.1) is 13.8 Å². The molecule has 2 rings (SSSR count). The fraction of sp³-hybridized carbons (Fsp3) is 0.222. The van der Waals surface area contributed by atoms with E-state index >= 15 is 0 Å². The van der Waals surface area contributed by atoms with Gasteiger partial charge in [0.25, 0.3) is 0 Å². The van der Waals surface area contributed by atoms with Crippen molar-refractivity contribution in [1.82, 2.24) is 0 Å². The van der Waals surface area contributed by atoms with Crippen molar-refractivity contribution in [3.05, 3.63) is 58.7 Å². The van der Waals surface area contributed by atoms with Crippen LogP contribution < -0.4 is 9.47 Å². The molecule has 0 saturated carbocycles. The minimum Gasteiger partial charge on any atom is -0.497 e. The zero-order valence-electron chi connectivity index (χ0n) is 12.4. The maximum atomic E-state index is 5.27. The molecule has 0 aliphatic rings. The summed E-state index contributed by atoms with van der Waals surface area (Å²) in [5, 5.41) is 0. The smallest absolute Gasteiger partial charge is 0.123 e. The number of aryl methyl sites for hydroxylation is 2. The SMILES string of the molecule is COc1cc(/C=C/c2cc(C)cc(C)c2)cc(OC)c1. The standard InChI is InChI=1S/C18H20O2/c1-13-7-14(2)9-15(8-13)5-6-16-10-17(19-3)12-18(11-16)20-4/h5-12H,1-4H3/b6-5+. The summed E-state index contributed by atoms with van der Waals surface area (Å²) in [5.41, 5.74) is 4.80. The molecule has 0 fully saturated rings. The van der Waals surface area contributed by atoms with E-state index in [2.05, 4.69) is 44.2 Å². The van der Waals surface area contributed by atoms with Crippen molar-refractivity contribution in [3.63, 3.8) is 0 Å². The minimum absolute atomic E-state index is 0.796. The van der Waals surface area contributed by atoms with Gasteiger partial charge >= 0.3 is 0 Å². The third kappa shape index (κ3) is 3.64. The van der Waals surface area contributed by atoms with Crippen molar-refractivity contribution in [2.24, 2.45) is 0 Å². The molecule has 2 aromatic carbocycles. The number of benzene rings is 2. The van der Waals surface area contributed by atoms with Gasteiger partial charge in [0.2, 0.25) is 0 Å². The lowest BCUT2D eigenvalue weighted by Gasteiger charge is -2.06. The second-order valence-corrected chi connectivity index (χ2v) is 4.90. The second-order valence-electron chi connectivity index (χ2n) is 4.90. The number of ether oxygens (including phenoxy) is 2. The Morgan fingerprint density at radius 2 is 1.10 bits per heavy atom. The number of rotatable bonds is 4. The van der Waals surface area contributed by atoms with Crippen LogP contribution in [0.15, 0.2) is 36.4 Å². The number of hydrogen-bond donors (Lipinski definition) is 0. The third-order valence-electron chi connectivity index (χ3n) is 3.09. The van der Waals surface area contributed by atoms with Crippen molar-refractivity contribution in [2.45, 2.75) is 13.8 Å². The summed E-state index contributed by atoms with van der Waals surface area (Å²) in [6, 6.07) is 12.4.